The van der Waals surface area contributed by atoms with Crippen molar-refractivity contribution in [2.24, 2.45) is 11.3 Å². The summed E-state index contributed by atoms with van der Waals surface area (Å²) in [5, 5.41) is 16.9. The van der Waals surface area contributed by atoms with Crippen LogP contribution in [-0.2, 0) is 6.54 Å². The average molecular weight is 547 g/mol. The monoisotopic (exact) mass is 546 g/mol. The van der Waals surface area contributed by atoms with Gasteiger partial charge in [0.2, 0.25) is 0 Å². The summed E-state index contributed by atoms with van der Waals surface area (Å²) >= 11 is 1.51. The Kier molecular flexibility index (Phi) is 7.88. The summed E-state index contributed by atoms with van der Waals surface area (Å²) in [5.74, 6) is 0.291. The van der Waals surface area contributed by atoms with Crippen LogP contribution in [-0.4, -0.2) is 39.3 Å². The summed E-state index contributed by atoms with van der Waals surface area (Å²) < 4.78 is 2.24. The Balaban J connectivity index is 1.32. The van der Waals surface area contributed by atoms with Crippen molar-refractivity contribution in [3.8, 4) is 6.07 Å². The molecule has 5 rings (SSSR count). The van der Waals surface area contributed by atoms with Gasteiger partial charge in [-0.25, -0.2) is 4.98 Å². The van der Waals surface area contributed by atoms with Crippen LogP contribution in [0, 0.1) is 36.5 Å². The lowest BCUT2D eigenvalue weighted by atomic mass is 9.81. The first-order chi connectivity index (χ1) is 18.8. The first kappa shape index (κ1) is 27.5. The Bertz CT molecular complexity index is 1470. The Morgan fingerprint density at radius 1 is 1.31 bits per heavy atom. The number of aromatic amines is 1. The van der Waals surface area contributed by atoms with Crippen LogP contribution >= 0.6 is 11.8 Å². The van der Waals surface area contributed by atoms with Crippen LogP contribution in [0.25, 0.3) is 11.0 Å². The normalized spacial score (nSPS) is 20.9. The van der Waals surface area contributed by atoms with E-state index in [1.807, 2.05) is 38.3 Å². The highest BCUT2D eigenvalue weighted by atomic mass is 32.2. The number of rotatable bonds is 9. The first-order valence-corrected chi connectivity index (χ1v) is 15.1. The molecule has 2 aliphatic carbocycles. The van der Waals surface area contributed by atoms with Crippen LogP contribution in [0.1, 0.15) is 78.8 Å². The topological polar surface area (TPSA) is 116 Å². The fraction of sp³-hybridized carbons (Fsp3) is 0.533. The second-order valence-electron chi connectivity index (χ2n) is 11.3. The molecule has 8 nitrogen and oxygen atoms in total. The fourth-order valence-corrected chi connectivity index (χ4v) is 6.88. The molecule has 39 heavy (non-hydrogen) atoms. The van der Waals surface area contributed by atoms with Gasteiger partial charge in [-0.2, -0.15) is 5.26 Å². The second kappa shape index (κ2) is 11.2. The number of nitriles is 1. The van der Waals surface area contributed by atoms with E-state index in [-0.39, 0.29) is 29.5 Å². The van der Waals surface area contributed by atoms with Gasteiger partial charge in [0, 0.05) is 58.6 Å². The summed E-state index contributed by atoms with van der Waals surface area (Å²) in [7, 11) is 0. The summed E-state index contributed by atoms with van der Waals surface area (Å²) in [6.45, 7) is 7.08. The van der Waals surface area contributed by atoms with Crippen molar-refractivity contribution in [2.75, 3.05) is 12.8 Å². The molecule has 0 radical (unpaired) electrons. The van der Waals surface area contributed by atoms with E-state index in [1.54, 1.807) is 6.20 Å². The smallest absolute Gasteiger partial charge is 0.254 e. The molecule has 0 aliphatic heterocycles. The van der Waals surface area contributed by atoms with Gasteiger partial charge in [-0.05, 0) is 89.7 Å². The zero-order chi connectivity index (χ0) is 27.7. The number of amides is 1. The number of hydrogen-bond donors (Lipinski definition) is 3. The molecule has 3 N–H and O–H groups in total. The highest BCUT2D eigenvalue weighted by Crippen LogP contribution is 2.44. The third-order valence-corrected chi connectivity index (χ3v) is 9.60. The van der Waals surface area contributed by atoms with E-state index in [0.717, 1.165) is 72.4 Å². The predicted octanol–water partition coefficient (Wildman–Crippen LogP) is 5.01. The number of carbonyl (C=O) groups is 1. The van der Waals surface area contributed by atoms with Gasteiger partial charge < -0.3 is 20.2 Å². The number of hydrogen-bond acceptors (Lipinski definition) is 6. The van der Waals surface area contributed by atoms with Crippen LogP contribution in [0.2, 0.25) is 0 Å². The number of nitrogens with one attached hydrogen (secondary N) is 3. The highest BCUT2D eigenvalue weighted by molar-refractivity contribution is 7.98. The summed E-state index contributed by atoms with van der Waals surface area (Å²) in [6, 6.07) is 8.92. The highest BCUT2D eigenvalue weighted by Gasteiger charge is 2.43. The number of nitrogens with zero attached hydrogens (tertiary/aromatic N) is 3. The van der Waals surface area contributed by atoms with Crippen LogP contribution < -0.4 is 16.2 Å². The van der Waals surface area contributed by atoms with Crippen molar-refractivity contribution >= 4 is 28.7 Å². The lowest BCUT2D eigenvalue weighted by Gasteiger charge is -2.34. The number of pyridine rings is 2. The van der Waals surface area contributed by atoms with E-state index in [1.165, 1.54) is 11.8 Å². The van der Waals surface area contributed by atoms with E-state index in [2.05, 4.69) is 33.2 Å². The number of aryl methyl sites for hydroxylation is 1. The number of carbonyl (C=O) groups excluding carboxylic acids is 1. The molecule has 0 spiro atoms. The zero-order valence-electron chi connectivity index (χ0n) is 23.3. The minimum Gasteiger partial charge on any atom is -0.348 e. The molecule has 0 aromatic carbocycles. The van der Waals surface area contributed by atoms with Crippen LogP contribution in [0.5, 0.6) is 0 Å². The molecule has 3 heterocycles. The summed E-state index contributed by atoms with van der Waals surface area (Å²) in [4.78, 5) is 34.6. The van der Waals surface area contributed by atoms with Gasteiger partial charge in [0.15, 0.2) is 0 Å². The maximum atomic E-state index is 13.6. The average Bonchev–Trinajstić information content (AvgIpc) is 3.66. The Hall–Kier alpha value is -3.09. The molecule has 1 amide bonds. The maximum Gasteiger partial charge on any atom is 0.254 e. The number of H-pyrrole nitrogens is 1. The molecular formula is C30H38N6O2S. The molecule has 0 bridgehead atoms. The quantitative estimate of drug-likeness (QED) is 0.325. The standard InChI is InChI=1S/C30H38N6O2S/c1-18-14-25(39-4)24(28(37)35-18)15-33-29(38)26-20(3)36(27-23(26)6-5-13-32-27)19(2)21-7-9-22(10-8-21)34-17-30(16-31)11-12-30/h5-6,13-14,19,21-22,34H,7-12,15,17H2,1-4H3,(H,33,38)(H,35,37). The molecule has 3 aromatic heterocycles. The van der Waals surface area contributed by atoms with E-state index >= 15 is 0 Å². The molecular weight excluding hydrogens is 508 g/mol. The Labute approximate surface area is 234 Å². The predicted molar refractivity (Wildman–Crippen MR) is 155 cm³/mol. The number of fused-ring (bicyclic) bond motifs is 1. The molecule has 2 aliphatic rings. The van der Waals surface area contributed by atoms with Crippen molar-refractivity contribution < 1.29 is 4.79 Å². The van der Waals surface area contributed by atoms with E-state index in [4.69, 9.17) is 4.98 Å². The van der Waals surface area contributed by atoms with Crippen LogP contribution in [0.4, 0.5) is 0 Å². The van der Waals surface area contributed by atoms with Gasteiger partial charge in [0.1, 0.15) is 5.65 Å². The number of aromatic nitrogens is 3. The summed E-state index contributed by atoms with van der Waals surface area (Å²) in [5.41, 5.74) is 3.45. The fourth-order valence-electron chi connectivity index (χ4n) is 6.17. The largest absolute Gasteiger partial charge is 0.348 e. The summed E-state index contributed by atoms with van der Waals surface area (Å²) in [6.07, 6.45) is 10.1. The molecule has 9 heteroatoms. The van der Waals surface area contributed by atoms with Crippen LogP contribution in [0.3, 0.4) is 0 Å². The molecule has 206 valence electrons. The Morgan fingerprint density at radius 3 is 2.72 bits per heavy atom. The Morgan fingerprint density at radius 2 is 2.05 bits per heavy atom. The van der Waals surface area contributed by atoms with E-state index in [0.29, 0.717) is 23.1 Å². The lowest BCUT2D eigenvalue weighted by Crippen LogP contribution is -2.38. The molecule has 2 saturated carbocycles. The van der Waals surface area contributed by atoms with Crippen molar-refractivity contribution in [3.05, 3.63) is 57.3 Å². The second-order valence-corrected chi connectivity index (χ2v) is 12.2. The van der Waals surface area contributed by atoms with Gasteiger partial charge >= 0.3 is 0 Å². The molecule has 1 unspecified atom stereocenters. The molecule has 0 saturated heterocycles. The third-order valence-electron chi connectivity index (χ3n) is 8.79. The minimum absolute atomic E-state index is 0.113. The third kappa shape index (κ3) is 5.50. The van der Waals surface area contributed by atoms with E-state index < -0.39 is 0 Å². The van der Waals surface area contributed by atoms with Gasteiger partial charge in [0.25, 0.3) is 11.5 Å². The van der Waals surface area contributed by atoms with E-state index in [9.17, 15) is 14.9 Å². The van der Waals surface area contributed by atoms with Crippen molar-refractivity contribution in [2.45, 2.75) is 82.8 Å². The van der Waals surface area contributed by atoms with Crippen molar-refractivity contribution in [3.63, 3.8) is 0 Å². The molecule has 2 fully saturated rings. The van der Waals surface area contributed by atoms with Gasteiger partial charge in [0.05, 0.1) is 17.0 Å². The zero-order valence-corrected chi connectivity index (χ0v) is 24.1. The molecule has 1 atom stereocenters. The van der Waals surface area contributed by atoms with Gasteiger partial charge in [-0.3, -0.25) is 9.59 Å². The lowest BCUT2D eigenvalue weighted by molar-refractivity contribution is 0.0951. The van der Waals surface area contributed by atoms with Gasteiger partial charge in [-0.15, -0.1) is 11.8 Å². The maximum absolute atomic E-state index is 13.6. The SMILES string of the molecule is CSc1cc(C)[nH]c(=O)c1CNC(=O)c1c(C)n(C(C)C2CCC(NCC3(C#N)CC3)CC2)c2ncccc12. The first-order valence-electron chi connectivity index (χ1n) is 13.9. The van der Waals surface area contributed by atoms with Gasteiger partial charge in [-0.1, -0.05) is 0 Å². The number of thioether (sulfide) groups is 1. The van der Waals surface area contributed by atoms with Crippen LogP contribution in [0.15, 0.2) is 34.1 Å². The van der Waals surface area contributed by atoms with Crippen molar-refractivity contribution in [1.29, 1.82) is 5.26 Å². The molecule has 3 aromatic rings. The minimum atomic E-state index is -0.192. The van der Waals surface area contributed by atoms with Crippen molar-refractivity contribution in [1.82, 2.24) is 25.2 Å².